The Hall–Kier alpha value is -0.173. The van der Waals surface area contributed by atoms with Gasteiger partial charge in [0.05, 0.1) is 10.0 Å². The van der Waals surface area contributed by atoms with Crippen LogP contribution in [0.5, 0.6) is 0 Å². The maximum absolute atomic E-state index is 12.1. The zero-order valence-electron chi connectivity index (χ0n) is 16.2. The summed E-state index contributed by atoms with van der Waals surface area (Å²) in [6.45, 7) is 4.39. The summed E-state index contributed by atoms with van der Waals surface area (Å²) in [5.74, 6) is -0.693. The van der Waals surface area contributed by atoms with Crippen molar-refractivity contribution in [3.8, 4) is 0 Å². The van der Waals surface area contributed by atoms with Crippen LogP contribution in [0.15, 0.2) is 0 Å². The van der Waals surface area contributed by atoms with Gasteiger partial charge in [-0.15, -0.1) is 0 Å². The Labute approximate surface area is 162 Å². The molecule has 27 heavy (non-hydrogen) atoms. The van der Waals surface area contributed by atoms with Crippen molar-refractivity contribution in [2.24, 2.45) is 0 Å². The van der Waals surface area contributed by atoms with Gasteiger partial charge in [0, 0.05) is 12.9 Å². The highest BCUT2D eigenvalue weighted by Crippen LogP contribution is 2.30. The van der Waals surface area contributed by atoms with E-state index < -0.39 is 39.6 Å². The van der Waals surface area contributed by atoms with Crippen molar-refractivity contribution in [1.29, 1.82) is 0 Å². The molecule has 0 heterocycles. The fraction of sp³-hybridized carbons (Fsp3) is 1.00. The standard InChI is InChI=1S/C15H31F3NO5S2Si/c1-24-27(2,3)14-12-10-8-6-4-5-7-9-11-13-25(20,21)19-26(22,23)15(16,17)18/h4-14H2,1-3H3/q-1. The van der Waals surface area contributed by atoms with Crippen LogP contribution < -0.4 is 0 Å². The fourth-order valence-corrected chi connectivity index (χ4v) is 6.11. The van der Waals surface area contributed by atoms with Crippen molar-refractivity contribution in [2.45, 2.75) is 82.4 Å². The highest BCUT2D eigenvalue weighted by Gasteiger charge is 2.40. The van der Waals surface area contributed by atoms with Gasteiger partial charge >= 0.3 is 5.51 Å². The van der Waals surface area contributed by atoms with E-state index in [2.05, 4.69) is 13.1 Å². The van der Waals surface area contributed by atoms with Crippen LogP contribution in [0.1, 0.15) is 57.8 Å². The lowest BCUT2D eigenvalue weighted by Crippen LogP contribution is -2.27. The summed E-state index contributed by atoms with van der Waals surface area (Å²) in [6.07, 6.45) is 7.84. The molecule has 0 aromatic heterocycles. The van der Waals surface area contributed by atoms with E-state index >= 15 is 0 Å². The highest BCUT2D eigenvalue weighted by atomic mass is 32.3. The Morgan fingerprint density at radius 1 is 0.815 bits per heavy atom. The minimum absolute atomic E-state index is 0.0932. The number of hydrogen-bond acceptors (Lipinski definition) is 5. The lowest BCUT2D eigenvalue weighted by Gasteiger charge is -2.21. The molecule has 0 aliphatic heterocycles. The normalized spacial score (nSPS) is 13.9. The zero-order valence-corrected chi connectivity index (χ0v) is 18.9. The van der Waals surface area contributed by atoms with E-state index in [4.69, 9.17) is 4.43 Å². The van der Waals surface area contributed by atoms with E-state index in [0.29, 0.717) is 6.42 Å². The third kappa shape index (κ3) is 12.8. The molecular formula is C15H31F3NO5S2Si-. The van der Waals surface area contributed by atoms with Gasteiger partial charge in [-0.3, -0.25) is 0 Å². The van der Waals surface area contributed by atoms with Gasteiger partial charge in [-0.2, -0.15) is 13.2 Å². The largest absolute Gasteiger partial charge is 0.480 e. The Balaban J connectivity index is 3.75. The summed E-state index contributed by atoms with van der Waals surface area (Å²) in [5.41, 5.74) is -5.69. The molecule has 0 spiro atoms. The molecule has 0 bridgehead atoms. The molecule has 0 unspecified atom stereocenters. The maximum atomic E-state index is 12.1. The minimum atomic E-state index is -6.00. The summed E-state index contributed by atoms with van der Waals surface area (Å²) in [7, 11) is -10.3. The maximum Gasteiger partial charge on any atom is 0.480 e. The van der Waals surface area contributed by atoms with Crippen molar-refractivity contribution in [2.75, 3.05) is 12.9 Å². The van der Waals surface area contributed by atoms with Crippen LogP contribution in [0.4, 0.5) is 13.2 Å². The number of halogens is 3. The molecule has 0 saturated carbocycles. The lowest BCUT2D eigenvalue weighted by atomic mass is 10.1. The molecule has 0 rings (SSSR count). The molecule has 0 aromatic carbocycles. The SMILES string of the molecule is CO[Si](C)(C)CCCCCCCCCCCS(=O)(=O)[N-]S(=O)(=O)C(F)(F)F. The predicted octanol–water partition coefficient (Wildman–Crippen LogP) is 4.90. The number of rotatable bonds is 15. The molecule has 0 fully saturated rings. The van der Waals surface area contributed by atoms with E-state index in [9.17, 15) is 30.0 Å². The van der Waals surface area contributed by atoms with E-state index in [1.54, 1.807) is 7.11 Å². The molecule has 12 heteroatoms. The van der Waals surface area contributed by atoms with Crippen molar-refractivity contribution < 1.29 is 34.4 Å². The molecule has 6 nitrogen and oxygen atoms in total. The number of unbranched alkanes of at least 4 members (excludes halogenated alkanes) is 8. The second kappa shape index (κ2) is 11.7. The number of alkyl halides is 3. The molecule has 0 radical (unpaired) electrons. The van der Waals surface area contributed by atoms with Gasteiger partial charge in [0.25, 0.3) is 0 Å². The Morgan fingerprint density at radius 3 is 1.63 bits per heavy atom. The average molecular weight is 455 g/mol. The Bertz CT molecular complexity index is 622. The lowest BCUT2D eigenvalue weighted by molar-refractivity contribution is -0.0425. The van der Waals surface area contributed by atoms with Gasteiger partial charge in [-0.1, -0.05) is 51.4 Å². The first kappa shape index (κ1) is 26.8. The van der Waals surface area contributed by atoms with Crippen LogP contribution in [0.25, 0.3) is 4.13 Å². The number of nitrogens with zero attached hydrogens (tertiary/aromatic N) is 1. The van der Waals surface area contributed by atoms with Crippen LogP contribution in [-0.4, -0.2) is 43.5 Å². The average Bonchev–Trinajstić information content (AvgIpc) is 2.50. The van der Waals surface area contributed by atoms with Gasteiger partial charge < -0.3 is 8.55 Å². The van der Waals surface area contributed by atoms with Crippen LogP contribution >= 0.6 is 0 Å². The topological polar surface area (TPSA) is 91.6 Å². The summed E-state index contributed by atoms with van der Waals surface area (Å²) < 4.78 is 88.1. The van der Waals surface area contributed by atoms with Gasteiger partial charge in [-0.05, 0) is 25.6 Å². The number of sulfonamides is 2. The highest BCUT2D eigenvalue weighted by molar-refractivity contribution is 8.12. The zero-order chi connectivity index (χ0) is 21.2. The van der Waals surface area contributed by atoms with Crippen LogP contribution in [0.2, 0.25) is 19.1 Å². The van der Waals surface area contributed by atoms with Crippen LogP contribution in [-0.2, 0) is 24.5 Å². The van der Waals surface area contributed by atoms with Crippen molar-refractivity contribution >= 4 is 28.4 Å². The van der Waals surface area contributed by atoms with Gasteiger partial charge in [0.15, 0.2) is 18.3 Å². The molecule has 0 saturated heterocycles. The van der Waals surface area contributed by atoms with Crippen LogP contribution in [0, 0.1) is 0 Å². The Kier molecular flexibility index (Phi) is 11.7. The minimum Gasteiger partial charge on any atom is -0.428 e. The second-order valence-electron chi connectivity index (χ2n) is 7.18. The van der Waals surface area contributed by atoms with Crippen molar-refractivity contribution in [1.82, 2.24) is 0 Å². The molecule has 164 valence electrons. The quantitative estimate of drug-likeness (QED) is 0.259. The van der Waals surface area contributed by atoms with Gasteiger partial charge in [0.2, 0.25) is 0 Å². The molecule has 0 aliphatic carbocycles. The third-order valence-electron chi connectivity index (χ3n) is 4.24. The molecule has 0 N–H and O–H groups in total. The van der Waals surface area contributed by atoms with Gasteiger partial charge in [-0.25, -0.2) is 16.8 Å². The first-order valence-electron chi connectivity index (χ1n) is 9.06. The van der Waals surface area contributed by atoms with Gasteiger partial charge in [0.1, 0.15) is 0 Å². The molecule has 0 amide bonds. The van der Waals surface area contributed by atoms with Crippen molar-refractivity contribution in [3.63, 3.8) is 0 Å². The van der Waals surface area contributed by atoms with E-state index in [-0.39, 0.29) is 6.42 Å². The third-order valence-corrected chi connectivity index (χ3v) is 9.98. The summed E-state index contributed by atoms with van der Waals surface area (Å²) in [5, 5.41) is 0. The van der Waals surface area contributed by atoms with E-state index in [0.717, 1.165) is 51.0 Å². The van der Waals surface area contributed by atoms with E-state index in [1.165, 1.54) is 0 Å². The molecule has 0 aromatic rings. The number of hydrogen-bond donors (Lipinski definition) is 0. The fourth-order valence-electron chi connectivity index (χ4n) is 2.40. The smallest absolute Gasteiger partial charge is 0.428 e. The second-order valence-corrected chi connectivity index (χ2v) is 15.2. The molecule has 0 atom stereocenters. The van der Waals surface area contributed by atoms with E-state index in [1.807, 2.05) is 4.13 Å². The monoisotopic (exact) mass is 454 g/mol. The summed E-state index contributed by atoms with van der Waals surface area (Å²) in [6, 6.07) is 1.15. The molecule has 0 aliphatic rings. The van der Waals surface area contributed by atoms with Crippen molar-refractivity contribution in [3.05, 3.63) is 4.13 Å². The Morgan fingerprint density at radius 2 is 1.22 bits per heavy atom. The molecular weight excluding hydrogens is 423 g/mol. The first-order chi connectivity index (χ1) is 12.2. The predicted molar refractivity (Wildman–Crippen MR) is 103 cm³/mol. The van der Waals surface area contributed by atoms with Crippen LogP contribution in [0.3, 0.4) is 0 Å². The first-order valence-corrected chi connectivity index (χ1v) is 15.2. The summed E-state index contributed by atoms with van der Waals surface area (Å²) >= 11 is 0. The summed E-state index contributed by atoms with van der Waals surface area (Å²) in [4.78, 5) is 0.